The van der Waals surface area contributed by atoms with Gasteiger partial charge in [-0.2, -0.15) is 0 Å². The molecule has 0 aromatic heterocycles. The van der Waals surface area contributed by atoms with E-state index < -0.39 is 0 Å². The van der Waals surface area contributed by atoms with Crippen LogP contribution in [-0.4, -0.2) is 11.2 Å². The van der Waals surface area contributed by atoms with Gasteiger partial charge in [-0.1, -0.05) is 63.2 Å². The Morgan fingerprint density at radius 2 is 1.71 bits per heavy atom. The molecule has 2 fully saturated rings. The number of benzene rings is 2. The Hall–Kier alpha value is -1.34. The molecule has 2 aromatic carbocycles. The van der Waals surface area contributed by atoms with E-state index in [1.807, 2.05) is 0 Å². The zero-order valence-corrected chi connectivity index (χ0v) is 13.1. The summed E-state index contributed by atoms with van der Waals surface area (Å²) >= 11 is 0. The van der Waals surface area contributed by atoms with Crippen molar-refractivity contribution in [3.8, 4) is 0 Å². The van der Waals surface area contributed by atoms with Gasteiger partial charge in [0.15, 0.2) is 0 Å². The molecular weight excluding hydrogens is 256 g/mol. The van der Waals surface area contributed by atoms with E-state index in [-0.39, 0.29) is 22.9 Å². The second-order valence-corrected chi connectivity index (χ2v) is 7.82. The lowest BCUT2D eigenvalue weighted by Gasteiger charge is -2.40. The fraction of sp³-hybridized carbons (Fsp3) is 0.500. The van der Waals surface area contributed by atoms with E-state index >= 15 is 0 Å². The predicted molar refractivity (Wildman–Crippen MR) is 87.3 cm³/mol. The fourth-order valence-corrected chi connectivity index (χ4v) is 5.37. The maximum Gasteiger partial charge on any atom is 0.0647 e. The molecule has 2 aromatic rings. The van der Waals surface area contributed by atoms with E-state index in [0.29, 0.717) is 5.92 Å². The van der Waals surface area contributed by atoms with Gasteiger partial charge in [0.25, 0.3) is 0 Å². The molecule has 0 heterocycles. The van der Waals surface area contributed by atoms with Gasteiger partial charge in [-0.05, 0) is 45.9 Å². The summed E-state index contributed by atoms with van der Waals surface area (Å²) in [7, 11) is 0. The minimum atomic E-state index is -0.204. The van der Waals surface area contributed by atoms with Gasteiger partial charge in [-0.25, -0.2) is 0 Å². The van der Waals surface area contributed by atoms with Crippen LogP contribution in [0.3, 0.4) is 0 Å². The van der Waals surface area contributed by atoms with Crippen LogP contribution in [0.15, 0.2) is 42.5 Å². The monoisotopic (exact) mass is 280 g/mol. The van der Waals surface area contributed by atoms with Crippen LogP contribution < -0.4 is 0 Å². The van der Waals surface area contributed by atoms with Gasteiger partial charge in [-0.3, -0.25) is 0 Å². The van der Waals surface area contributed by atoms with Gasteiger partial charge >= 0.3 is 0 Å². The van der Waals surface area contributed by atoms with Crippen molar-refractivity contribution in [2.45, 2.75) is 45.6 Å². The smallest absolute Gasteiger partial charge is 0.0647 e. The van der Waals surface area contributed by atoms with Gasteiger partial charge in [0.05, 0.1) is 6.10 Å². The number of hydrogen-bond acceptors (Lipinski definition) is 1. The molecule has 0 saturated heterocycles. The SMILES string of the molecule is CC1(C)C2CC[C@@]1(C)C(c1cccc3ccccc13)C2O. The molecule has 0 aliphatic heterocycles. The Morgan fingerprint density at radius 1 is 1.00 bits per heavy atom. The number of aliphatic hydroxyl groups excluding tert-OH is 1. The van der Waals surface area contributed by atoms with Gasteiger partial charge < -0.3 is 5.11 Å². The Morgan fingerprint density at radius 3 is 2.43 bits per heavy atom. The summed E-state index contributed by atoms with van der Waals surface area (Å²) in [6, 6.07) is 15.1. The van der Waals surface area contributed by atoms with Gasteiger partial charge in [0.2, 0.25) is 0 Å². The van der Waals surface area contributed by atoms with Gasteiger partial charge in [-0.15, -0.1) is 0 Å². The van der Waals surface area contributed by atoms with E-state index in [4.69, 9.17) is 0 Å². The zero-order chi connectivity index (χ0) is 14.8. The third kappa shape index (κ3) is 1.51. The normalized spacial score (nSPS) is 37.2. The molecule has 1 N–H and O–H groups in total. The van der Waals surface area contributed by atoms with Crippen molar-refractivity contribution in [2.24, 2.45) is 16.7 Å². The maximum atomic E-state index is 11.0. The van der Waals surface area contributed by atoms with Crippen LogP contribution in [-0.2, 0) is 0 Å². The summed E-state index contributed by atoms with van der Waals surface area (Å²) in [6.45, 7) is 7.12. The number of aliphatic hydroxyl groups is 1. The molecule has 21 heavy (non-hydrogen) atoms. The summed E-state index contributed by atoms with van der Waals surface area (Å²) in [5.74, 6) is 0.698. The molecule has 1 heteroatoms. The molecule has 4 rings (SSSR count). The topological polar surface area (TPSA) is 20.2 Å². The Balaban J connectivity index is 1.94. The molecule has 4 atom stereocenters. The van der Waals surface area contributed by atoms with Crippen LogP contribution in [0.4, 0.5) is 0 Å². The minimum absolute atomic E-state index is 0.196. The summed E-state index contributed by atoms with van der Waals surface area (Å²) in [4.78, 5) is 0. The van der Waals surface area contributed by atoms with Crippen molar-refractivity contribution < 1.29 is 5.11 Å². The molecule has 2 aliphatic carbocycles. The highest BCUT2D eigenvalue weighted by molar-refractivity contribution is 5.86. The molecular formula is C20H24O. The molecule has 3 unspecified atom stereocenters. The molecule has 2 aliphatic rings. The van der Waals surface area contributed by atoms with Crippen LogP contribution in [0.5, 0.6) is 0 Å². The Bertz CT molecular complexity index is 697. The standard InChI is InChI=1S/C20H24O/c1-19(2)16-11-12-20(19,3)17(18(16)21)15-10-6-8-13-7-4-5-9-14(13)15/h4-10,16-18,21H,11-12H2,1-3H3/t16?,17?,18?,20-/m0/s1. The van der Waals surface area contributed by atoms with E-state index in [1.165, 1.54) is 29.2 Å². The molecule has 0 spiro atoms. The predicted octanol–water partition coefficient (Wildman–Crippen LogP) is 4.74. The number of rotatable bonds is 1. The summed E-state index contributed by atoms with van der Waals surface area (Å²) in [5, 5.41) is 13.6. The van der Waals surface area contributed by atoms with Crippen molar-refractivity contribution in [2.75, 3.05) is 0 Å². The highest BCUT2D eigenvalue weighted by atomic mass is 16.3. The van der Waals surface area contributed by atoms with Crippen LogP contribution >= 0.6 is 0 Å². The van der Waals surface area contributed by atoms with Gasteiger partial charge in [0.1, 0.15) is 0 Å². The second-order valence-electron chi connectivity index (χ2n) is 7.82. The lowest BCUT2D eigenvalue weighted by Crippen LogP contribution is -2.33. The van der Waals surface area contributed by atoms with E-state index in [9.17, 15) is 5.11 Å². The number of fused-ring (bicyclic) bond motifs is 3. The fourth-order valence-electron chi connectivity index (χ4n) is 5.37. The van der Waals surface area contributed by atoms with Crippen LogP contribution in [0.25, 0.3) is 10.8 Å². The van der Waals surface area contributed by atoms with Crippen molar-refractivity contribution >= 4 is 10.8 Å². The van der Waals surface area contributed by atoms with Crippen LogP contribution in [0.1, 0.15) is 45.1 Å². The van der Waals surface area contributed by atoms with Crippen molar-refractivity contribution in [1.82, 2.24) is 0 Å². The summed E-state index contributed by atoms with van der Waals surface area (Å²) in [5.41, 5.74) is 1.76. The highest BCUT2D eigenvalue weighted by Gasteiger charge is 2.66. The maximum absolute atomic E-state index is 11.0. The van der Waals surface area contributed by atoms with E-state index in [1.54, 1.807) is 0 Å². The minimum Gasteiger partial charge on any atom is -0.392 e. The van der Waals surface area contributed by atoms with Crippen LogP contribution in [0.2, 0.25) is 0 Å². The number of hydrogen-bond donors (Lipinski definition) is 1. The van der Waals surface area contributed by atoms with E-state index in [2.05, 4.69) is 63.2 Å². The largest absolute Gasteiger partial charge is 0.392 e. The third-order valence-electron chi connectivity index (χ3n) is 6.97. The molecule has 1 nitrogen and oxygen atoms in total. The summed E-state index contributed by atoms with van der Waals surface area (Å²) < 4.78 is 0. The summed E-state index contributed by atoms with van der Waals surface area (Å²) in [6.07, 6.45) is 2.20. The highest BCUT2D eigenvalue weighted by Crippen LogP contribution is 2.71. The average Bonchev–Trinajstić information content (AvgIpc) is 2.77. The Labute approximate surface area is 127 Å². The third-order valence-corrected chi connectivity index (χ3v) is 6.97. The average molecular weight is 280 g/mol. The quantitative estimate of drug-likeness (QED) is 0.800. The molecule has 2 saturated carbocycles. The van der Waals surface area contributed by atoms with E-state index in [0.717, 1.165) is 0 Å². The zero-order valence-electron chi connectivity index (χ0n) is 13.1. The van der Waals surface area contributed by atoms with Crippen LogP contribution in [0, 0.1) is 16.7 Å². The Kier molecular flexibility index (Phi) is 2.60. The molecule has 2 bridgehead atoms. The molecule has 0 radical (unpaired) electrons. The van der Waals surface area contributed by atoms with Crippen molar-refractivity contribution in [1.29, 1.82) is 0 Å². The lowest BCUT2D eigenvalue weighted by molar-refractivity contribution is 0.0737. The van der Waals surface area contributed by atoms with Crippen molar-refractivity contribution in [3.63, 3.8) is 0 Å². The van der Waals surface area contributed by atoms with Crippen molar-refractivity contribution in [3.05, 3.63) is 48.0 Å². The first-order valence-electron chi connectivity index (χ1n) is 8.12. The molecule has 0 amide bonds. The first-order chi connectivity index (χ1) is 9.97. The first kappa shape index (κ1) is 13.3. The lowest BCUT2D eigenvalue weighted by atomic mass is 9.64. The van der Waals surface area contributed by atoms with Gasteiger partial charge in [0, 0.05) is 5.92 Å². The molecule has 110 valence electrons. The second kappa shape index (κ2) is 4.10. The first-order valence-corrected chi connectivity index (χ1v) is 8.12.